The minimum atomic E-state index is -4.26. The number of hydrogen-bond donors (Lipinski definition) is 2. The van der Waals surface area contributed by atoms with Gasteiger partial charge in [-0.15, -0.1) is 0 Å². The van der Waals surface area contributed by atoms with Gasteiger partial charge in [0.15, 0.2) is 0 Å². The van der Waals surface area contributed by atoms with Gasteiger partial charge in [-0.3, -0.25) is 0 Å². The van der Waals surface area contributed by atoms with Crippen LogP contribution in [0.5, 0.6) is 0 Å². The van der Waals surface area contributed by atoms with Gasteiger partial charge in [-0.05, 0) is 25.7 Å². The Hall–Kier alpha value is -1.73. The molecule has 5 nitrogen and oxygen atoms in total. The van der Waals surface area contributed by atoms with Crippen LogP contribution in [0.15, 0.2) is 6.20 Å². The molecule has 0 saturated heterocycles. The fourth-order valence-electron chi connectivity index (χ4n) is 3.64. The van der Waals surface area contributed by atoms with E-state index in [-0.39, 0.29) is 13.0 Å². The van der Waals surface area contributed by atoms with Crippen molar-refractivity contribution >= 4 is 6.03 Å². The number of carbonyl (C=O) groups excluding carboxylic acids is 1. The molecule has 1 aromatic heterocycles. The first kappa shape index (κ1) is 17.1. The van der Waals surface area contributed by atoms with Crippen LogP contribution >= 0.6 is 0 Å². The van der Waals surface area contributed by atoms with E-state index in [0.717, 1.165) is 37.3 Å². The van der Waals surface area contributed by atoms with Crippen molar-refractivity contribution in [1.82, 2.24) is 20.2 Å². The van der Waals surface area contributed by atoms with Gasteiger partial charge in [0, 0.05) is 25.2 Å². The van der Waals surface area contributed by atoms with Gasteiger partial charge in [-0.2, -0.15) is 13.2 Å². The van der Waals surface area contributed by atoms with Gasteiger partial charge in [-0.1, -0.05) is 12.8 Å². The third-order valence-corrected chi connectivity index (χ3v) is 4.89. The Bertz CT molecular complexity index is 561. The first-order valence-corrected chi connectivity index (χ1v) is 8.59. The van der Waals surface area contributed by atoms with Crippen molar-refractivity contribution in [2.24, 2.45) is 5.92 Å². The first-order chi connectivity index (χ1) is 11.4. The summed E-state index contributed by atoms with van der Waals surface area (Å²) in [5.74, 6) is -0.431. The van der Waals surface area contributed by atoms with Crippen LogP contribution in [0.1, 0.15) is 50.0 Å². The molecule has 1 aromatic rings. The number of carbonyl (C=O) groups is 1. The summed E-state index contributed by atoms with van der Waals surface area (Å²) in [5.41, 5.74) is 0.748. The second-order valence-electron chi connectivity index (χ2n) is 6.67. The number of rotatable bonds is 3. The molecule has 1 fully saturated rings. The molecule has 0 radical (unpaired) electrons. The van der Waals surface area contributed by atoms with E-state index < -0.39 is 24.2 Å². The molecule has 0 unspecified atom stereocenters. The molecule has 2 heterocycles. The number of aryl methyl sites for hydroxylation is 2. The van der Waals surface area contributed by atoms with E-state index in [9.17, 15) is 18.0 Å². The second kappa shape index (κ2) is 7.03. The quantitative estimate of drug-likeness (QED) is 0.885. The molecular weight excluding hydrogens is 321 g/mol. The number of nitrogens with one attached hydrogen (secondary N) is 2. The van der Waals surface area contributed by atoms with Crippen molar-refractivity contribution < 1.29 is 18.0 Å². The largest absolute Gasteiger partial charge is 0.393 e. The van der Waals surface area contributed by atoms with Crippen molar-refractivity contribution in [3.8, 4) is 0 Å². The predicted molar refractivity (Wildman–Crippen MR) is 82.3 cm³/mol. The van der Waals surface area contributed by atoms with Gasteiger partial charge in [0.2, 0.25) is 0 Å². The molecule has 2 aliphatic rings. The third kappa shape index (κ3) is 4.02. The van der Waals surface area contributed by atoms with E-state index in [1.54, 1.807) is 0 Å². The smallest absolute Gasteiger partial charge is 0.335 e. The lowest BCUT2D eigenvalue weighted by Crippen LogP contribution is -2.50. The molecule has 0 aromatic carbocycles. The molecule has 24 heavy (non-hydrogen) atoms. The standard InChI is InChI=1S/C16H23F3N4O/c17-16(18,19)12-5-1-2-6-13(12)22-15(24)20-9-11-10-23-8-4-3-7-14(23)21-11/h10,12-13H,1-9H2,(H2,20,22,24)/t12-,13-/m1/s1. The number of aromatic nitrogens is 2. The van der Waals surface area contributed by atoms with Crippen molar-refractivity contribution in [3.63, 3.8) is 0 Å². The van der Waals surface area contributed by atoms with E-state index in [2.05, 4.69) is 20.2 Å². The van der Waals surface area contributed by atoms with Crippen LogP contribution in [0, 0.1) is 5.92 Å². The van der Waals surface area contributed by atoms with Gasteiger partial charge in [0.25, 0.3) is 0 Å². The fraction of sp³-hybridized carbons (Fsp3) is 0.750. The van der Waals surface area contributed by atoms with Crippen molar-refractivity contribution in [1.29, 1.82) is 0 Å². The van der Waals surface area contributed by atoms with E-state index >= 15 is 0 Å². The van der Waals surface area contributed by atoms with E-state index in [4.69, 9.17) is 0 Å². The van der Waals surface area contributed by atoms with Crippen LogP contribution in [0.2, 0.25) is 0 Å². The third-order valence-electron chi connectivity index (χ3n) is 4.89. The molecule has 2 atom stereocenters. The summed E-state index contributed by atoms with van der Waals surface area (Å²) in [6.07, 6.45) is 2.55. The Morgan fingerprint density at radius 1 is 1.25 bits per heavy atom. The Morgan fingerprint density at radius 3 is 2.79 bits per heavy atom. The molecule has 1 saturated carbocycles. The maximum absolute atomic E-state index is 13.0. The Kier molecular flexibility index (Phi) is 5.01. The van der Waals surface area contributed by atoms with Crippen LogP contribution in [0.25, 0.3) is 0 Å². The topological polar surface area (TPSA) is 59.0 Å². The van der Waals surface area contributed by atoms with Crippen LogP contribution in [0.3, 0.4) is 0 Å². The van der Waals surface area contributed by atoms with Crippen molar-refractivity contribution in [2.45, 2.75) is 70.3 Å². The number of halogens is 3. The summed E-state index contributed by atoms with van der Waals surface area (Å²) in [4.78, 5) is 16.4. The number of amides is 2. The molecule has 0 spiro atoms. The minimum Gasteiger partial charge on any atom is -0.335 e. The summed E-state index contributed by atoms with van der Waals surface area (Å²) >= 11 is 0. The highest BCUT2D eigenvalue weighted by Crippen LogP contribution is 2.37. The lowest BCUT2D eigenvalue weighted by atomic mass is 9.84. The molecule has 0 bridgehead atoms. The van der Waals surface area contributed by atoms with Gasteiger partial charge in [0.05, 0.1) is 18.2 Å². The second-order valence-corrected chi connectivity index (χ2v) is 6.67. The van der Waals surface area contributed by atoms with Crippen molar-refractivity contribution in [3.05, 3.63) is 17.7 Å². The number of urea groups is 1. The van der Waals surface area contributed by atoms with E-state index in [1.807, 2.05) is 6.20 Å². The highest BCUT2D eigenvalue weighted by Gasteiger charge is 2.45. The van der Waals surface area contributed by atoms with Gasteiger partial charge < -0.3 is 15.2 Å². The van der Waals surface area contributed by atoms with Crippen LogP contribution in [-0.4, -0.2) is 27.8 Å². The number of nitrogens with zero attached hydrogens (tertiary/aromatic N) is 2. The SMILES string of the molecule is O=C(NCc1cn2c(n1)CCCC2)N[C@@H]1CCCC[C@H]1C(F)(F)F. The Morgan fingerprint density at radius 2 is 2.04 bits per heavy atom. The molecule has 3 rings (SSSR count). The number of imidazole rings is 1. The summed E-state index contributed by atoms with van der Waals surface area (Å²) < 4.78 is 41.2. The molecule has 2 amide bonds. The van der Waals surface area contributed by atoms with Crippen molar-refractivity contribution in [2.75, 3.05) is 0 Å². The lowest BCUT2D eigenvalue weighted by Gasteiger charge is -2.33. The zero-order valence-electron chi connectivity index (χ0n) is 13.5. The Labute approximate surface area is 139 Å². The zero-order valence-corrected chi connectivity index (χ0v) is 13.5. The predicted octanol–water partition coefficient (Wildman–Crippen LogP) is 3.14. The monoisotopic (exact) mass is 344 g/mol. The van der Waals surface area contributed by atoms with E-state index in [0.29, 0.717) is 19.3 Å². The number of alkyl halides is 3. The molecule has 2 N–H and O–H groups in total. The highest BCUT2D eigenvalue weighted by atomic mass is 19.4. The first-order valence-electron chi connectivity index (χ1n) is 8.59. The number of hydrogen-bond acceptors (Lipinski definition) is 2. The van der Waals surface area contributed by atoms with Crippen LogP contribution in [-0.2, 0) is 19.5 Å². The fourth-order valence-corrected chi connectivity index (χ4v) is 3.64. The maximum Gasteiger partial charge on any atom is 0.393 e. The van der Waals surface area contributed by atoms with Gasteiger partial charge >= 0.3 is 12.2 Å². The van der Waals surface area contributed by atoms with E-state index in [1.165, 1.54) is 0 Å². The van der Waals surface area contributed by atoms with Crippen LogP contribution in [0.4, 0.5) is 18.0 Å². The molecule has 8 heteroatoms. The molecular formula is C16H23F3N4O. The summed E-state index contributed by atoms with van der Waals surface area (Å²) in [6, 6.07) is -1.39. The van der Waals surface area contributed by atoms with Gasteiger partial charge in [0.1, 0.15) is 5.82 Å². The minimum absolute atomic E-state index is 0.0855. The summed E-state index contributed by atoms with van der Waals surface area (Å²) in [7, 11) is 0. The molecule has 1 aliphatic carbocycles. The summed E-state index contributed by atoms with van der Waals surface area (Å²) in [5, 5.41) is 5.14. The lowest BCUT2D eigenvalue weighted by molar-refractivity contribution is -0.187. The van der Waals surface area contributed by atoms with Crippen LogP contribution < -0.4 is 10.6 Å². The average Bonchev–Trinajstić information content (AvgIpc) is 2.95. The molecule has 134 valence electrons. The zero-order chi connectivity index (χ0) is 17.2. The van der Waals surface area contributed by atoms with Gasteiger partial charge in [-0.25, -0.2) is 9.78 Å². The summed E-state index contributed by atoms with van der Waals surface area (Å²) in [6.45, 7) is 1.17. The highest BCUT2D eigenvalue weighted by molar-refractivity contribution is 5.74. The maximum atomic E-state index is 13.0. The molecule has 1 aliphatic heterocycles. The normalized spacial score (nSPS) is 24.3. The number of fused-ring (bicyclic) bond motifs is 1. The Balaban J connectivity index is 1.52. The average molecular weight is 344 g/mol.